The molecule has 0 spiro atoms. The first-order chi connectivity index (χ1) is 18.7. The molecule has 2 aliphatic rings. The Labute approximate surface area is 228 Å². The molecule has 3 heterocycles. The molecule has 0 saturated carbocycles. The number of ether oxygens (including phenoxy) is 1. The van der Waals surface area contributed by atoms with E-state index in [9.17, 15) is 14.4 Å². The van der Waals surface area contributed by atoms with Gasteiger partial charge in [0.15, 0.2) is 0 Å². The van der Waals surface area contributed by atoms with Crippen molar-refractivity contribution >= 4 is 35.1 Å². The molecular formula is C31H34N4O4. The van der Waals surface area contributed by atoms with Crippen molar-refractivity contribution in [1.29, 1.82) is 0 Å². The van der Waals surface area contributed by atoms with Crippen molar-refractivity contribution in [2.45, 2.75) is 58.7 Å². The van der Waals surface area contributed by atoms with Gasteiger partial charge in [0.2, 0.25) is 0 Å². The minimum Gasteiger partial charge on any atom is -0.376 e. The topological polar surface area (TPSA) is 112 Å². The summed E-state index contributed by atoms with van der Waals surface area (Å²) in [5.41, 5.74) is 5.89. The lowest BCUT2D eigenvalue weighted by atomic mass is 10.0. The molecule has 0 bridgehead atoms. The Kier molecular flexibility index (Phi) is 7.39. The first-order valence-corrected chi connectivity index (χ1v) is 13.4. The van der Waals surface area contributed by atoms with Crippen LogP contribution < -0.4 is 16.0 Å². The van der Waals surface area contributed by atoms with Crippen molar-refractivity contribution < 1.29 is 19.1 Å². The summed E-state index contributed by atoms with van der Waals surface area (Å²) in [6, 6.07) is 14.7. The fourth-order valence-electron chi connectivity index (χ4n) is 5.35. The summed E-state index contributed by atoms with van der Waals surface area (Å²) in [7, 11) is 0. The van der Waals surface area contributed by atoms with Crippen LogP contribution in [0.3, 0.4) is 0 Å². The quantitative estimate of drug-likeness (QED) is 0.328. The summed E-state index contributed by atoms with van der Waals surface area (Å²) in [6.07, 6.45) is 3.71. The Morgan fingerprint density at radius 1 is 1.05 bits per heavy atom. The smallest absolute Gasteiger partial charge is 0.256 e. The molecule has 1 aromatic heterocycles. The van der Waals surface area contributed by atoms with Crippen LogP contribution in [0.25, 0.3) is 11.6 Å². The Balaban J connectivity index is 1.38. The Morgan fingerprint density at radius 3 is 2.54 bits per heavy atom. The van der Waals surface area contributed by atoms with Crippen molar-refractivity contribution in [2.75, 3.05) is 11.9 Å². The molecule has 202 valence electrons. The molecule has 4 N–H and O–H groups in total. The van der Waals surface area contributed by atoms with Crippen LogP contribution in [0.2, 0.25) is 0 Å². The highest BCUT2D eigenvalue weighted by Gasteiger charge is 2.28. The van der Waals surface area contributed by atoms with Gasteiger partial charge in [0.1, 0.15) is 0 Å². The zero-order valence-corrected chi connectivity index (χ0v) is 22.7. The number of rotatable bonds is 7. The second-order valence-corrected chi connectivity index (χ2v) is 10.4. The van der Waals surface area contributed by atoms with Crippen molar-refractivity contribution in [3.63, 3.8) is 0 Å². The van der Waals surface area contributed by atoms with Crippen LogP contribution in [-0.4, -0.2) is 41.5 Å². The predicted octanol–water partition coefficient (Wildman–Crippen LogP) is 4.91. The summed E-state index contributed by atoms with van der Waals surface area (Å²) in [4.78, 5) is 42.4. The SMILES string of the molecule is Cc1[nH]c(/C=C2\C(=O)Nc3ccc(C(=O)NC(C)c4ccccc4)cc32)c(C)c1C(=O)NC(C)C1CCCO1. The summed E-state index contributed by atoms with van der Waals surface area (Å²) in [5, 5.41) is 8.97. The molecular weight excluding hydrogens is 492 g/mol. The number of hydrogen-bond acceptors (Lipinski definition) is 4. The highest BCUT2D eigenvalue weighted by atomic mass is 16.5. The molecule has 2 aromatic carbocycles. The maximum absolute atomic E-state index is 13.1. The molecule has 3 unspecified atom stereocenters. The maximum Gasteiger partial charge on any atom is 0.256 e. The maximum atomic E-state index is 13.1. The third kappa shape index (κ3) is 5.38. The normalized spacial score (nSPS) is 18.9. The number of carbonyl (C=O) groups is 3. The third-order valence-corrected chi connectivity index (χ3v) is 7.59. The van der Waals surface area contributed by atoms with E-state index in [0.717, 1.165) is 36.3 Å². The molecule has 0 radical (unpaired) electrons. The van der Waals surface area contributed by atoms with Crippen molar-refractivity contribution in [2.24, 2.45) is 0 Å². The van der Waals surface area contributed by atoms with E-state index in [-0.39, 0.29) is 35.9 Å². The van der Waals surface area contributed by atoms with Gasteiger partial charge in [-0.1, -0.05) is 30.3 Å². The van der Waals surface area contributed by atoms with Gasteiger partial charge in [-0.2, -0.15) is 0 Å². The van der Waals surface area contributed by atoms with Crippen LogP contribution in [0.1, 0.15) is 81.5 Å². The van der Waals surface area contributed by atoms with E-state index in [1.807, 2.05) is 58.0 Å². The minimum atomic E-state index is -0.259. The van der Waals surface area contributed by atoms with Gasteiger partial charge in [0, 0.05) is 34.8 Å². The van der Waals surface area contributed by atoms with Crippen molar-refractivity contribution in [3.05, 3.63) is 87.7 Å². The number of hydrogen-bond donors (Lipinski definition) is 4. The van der Waals surface area contributed by atoms with E-state index in [1.165, 1.54) is 0 Å². The number of anilines is 1. The van der Waals surface area contributed by atoms with Crippen LogP contribution in [0, 0.1) is 13.8 Å². The van der Waals surface area contributed by atoms with Gasteiger partial charge >= 0.3 is 0 Å². The zero-order valence-electron chi connectivity index (χ0n) is 22.7. The van der Waals surface area contributed by atoms with E-state index in [0.29, 0.717) is 33.6 Å². The number of fused-ring (bicyclic) bond motifs is 1. The number of aromatic nitrogens is 1. The number of aromatic amines is 1. The number of amides is 3. The van der Waals surface area contributed by atoms with Gasteiger partial charge in [0.05, 0.1) is 29.3 Å². The highest BCUT2D eigenvalue weighted by Crippen LogP contribution is 2.35. The third-order valence-electron chi connectivity index (χ3n) is 7.59. The van der Waals surface area contributed by atoms with Gasteiger partial charge in [-0.05, 0) is 75.9 Å². The second-order valence-electron chi connectivity index (χ2n) is 10.4. The first kappa shape index (κ1) is 26.4. The van der Waals surface area contributed by atoms with Crippen LogP contribution in [0.15, 0.2) is 48.5 Å². The number of carbonyl (C=O) groups excluding carboxylic acids is 3. The Hall–Kier alpha value is -4.17. The van der Waals surface area contributed by atoms with Crippen LogP contribution in [-0.2, 0) is 9.53 Å². The Morgan fingerprint density at radius 2 is 1.82 bits per heavy atom. The molecule has 39 heavy (non-hydrogen) atoms. The van der Waals surface area contributed by atoms with Gasteiger partial charge in [-0.25, -0.2) is 0 Å². The summed E-state index contributed by atoms with van der Waals surface area (Å²) < 4.78 is 5.72. The van der Waals surface area contributed by atoms with Crippen LogP contribution >= 0.6 is 0 Å². The lowest BCUT2D eigenvalue weighted by molar-refractivity contribution is -0.110. The summed E-state index contributed by atoms with van der Waals surface area (Å²) in [5.74, 6) is -0.652. The molecule has 1 fully saturated rings. The summed E-state index contributed by atoms with van der Waals surface area (Å²) >= 11 is 0. The predicted molar refractivity (Wildman–Crippen MR) is 151 cm³/mol. The summed E-state index contributed by atoms with van der Waals surface area (Å²) in [6.45, 7) is 8.33. The minimum absolute atomic E-state index is 0.0239. The molecule has 2 aliphatic heterocycles. The van der Waals surface area contributed by atoms with Crippen molar-refractivity contribution in [3.8, 4) is 0 Å². The largest absolute Gasteiger partial charge is 0.376 e. The molecule has 3 aromatic rings. The fourth-order valence-corrected chi connectivity index (χ4v) is 5.35. The number of aryl methyl sites for hydroxylation is 1. The van der Waals surface area contributed by atoms with E-state index in [2.05, 4.69) is 20.9 Å². The second kappa shape index (κ2) is 10.9. The molecule has 5 rings (SSSR count). The fraction of sp³-hybridized carbons (Fsp3) is 0.323. The van der Waals surface area contributed by atoms with Crippen LogP contribution in [0.5, 0.6) is 0 Å². The lowest BCUT2D eigenvalue weighted by Crippen LogP contribution is -2.41. The van der Waals surface area contributed by atoms with E-state index in [4.69, 9.17) is 4.74 Å². The van der Waals surface area contributed by atoms with Gasteiger partial charge in [-0.3, -0.25) is 14.4 Å². The van der Waals surface area contributed by atoms with Crippen LogP contribution in [0.4, 0.5) is 5.69 Å². The van der Waals surface area contributed by atoms with Gasteiger partial charge < -0.3 is 25.7 Å². The molecule has 3 amide bonds. The molecule has 0 aliphatic carbocycles. The monoisotopic (exact) mass is 526 g/mol. The molecule has 8 heteroatoms. The van der Waals surface area contributed by atoms with Crippen molar-refractivity contribution in [1.82, 2.24) is 15.6 Å². The van der Waals surface area contributed by atoms with Gasteiger partial charge in [0.25, 0.3) is 17.7 Å². The first-order valence-electron chi connectivity index (χ1n) is 13.4. The van der Waals surface area contributed by atoms with Gasteiger partial charge in [-0.15, -0.1) is 0 Å². The lowest BCUT2D eigenvalue weighted by Gasteiger charge is -2.20. The average molecular weight is 527 g/mol. The average Bonchev–Trinajstić information content (AvgIpc) is 3.63. The zero-order chi connectivity index (χ0) is 27.7. The standard InChI is InChI=1S/C31H34N4O4/c1-17-26(32-20(4)28(17)31(38)34-19(3)27-11-8-14-39-27)16-24-23-15-22(12-13-25(23)35-30(24)37)29(36)33-18(2)21-9-6-5-7-10-21/h5-7,9-10,12-13,15-16,18-19,27,32H,8,11,14H2,1-4H3,(H,33,36)(H,34,38)(H,35,37)/b24-16-. The van der Waals surface area contributed by atoms with E-state index >= 15 is 0 Å². The van der Waals surface area contributed by atoms with E-state index in [1.54, 1.807) is 24.3 Å². The molecule has 3 atom stereocenters. The molecule has 1 saturated heterocycles. The number of benzene rings is 2. The number of H-pyrrole nitrogens is 1. The highest BCUT2D eigenvalue weighted by molar-refractivity contribution is 6.35. The molecule has 8 nitrogen and oxygen atoms in total. The van der Waals surface area contributed by atoms with E-state index < -0.39 is 0 Å². The number of nitrogens with one attached hydrogen (secondary N) is 4. The Bertz CT molecular complexity index is 1450.